The molecule has 1 unspecified atom stereocenters. The molecule has 0 aliphatic heterocycles. The summed E-state index contributed by atoms with van der Waals surface area (Å²) >= 11 is 3.31. The molecule has 0 bridgehead atoms. The molecule has 138 valence electrons. The zero-order valence-electron chi connectivity index (χ0n) is 15.4. The molecular weight excluding hydrogens is 352 g/mol. The van der Waals surface area contributed by atoms with E-state index in [1.54, 1.807) is 23.1 Å². The van der Waals surface area contributed by atoms with Gasteiger partial charge in [0, 0.05) is 23.8 Å². The third-order valence-corrected chi connectivity index (χ3v) is 7.05. The van der Waals surface area contributed by atoms with E-state index in [4.69, 9.17) is 10.1 Å². The van der Waals surface area contributed by atoms with Gasteiger partial charge in [-0.3, -0.25) is 9.36 Å². The quantitative estimate of drug-likeness (QED) is 0.446. The van der Waals surface area contributed by atoms with Crippen molar-refractivity contribution in [3.8, 4) is 0 Å². The number of nitrogens with zero attached hydrogens (tertiary/aromatic N) is 2. The second kappa shape index (κ2) is 8.23. The maximum Gasteiger partial charge on any atom is 0.263 e. The minimum Gasteiger partial charge on any atom is -0.396 e. The predicted octanol–water partition coefficient (Wildman–Crippen LogP) is 4.10. The van der Waals surface area contributed by atoms with E-state index in [1.807, 2.05) is 4.57 Å². The molecule has 0 saturated carbocycles. The van der Waals surface area contributed by atoms with E-state index in [1.165, 1.54) is 10.4 Å². The Bertz CT molecular complexity index is 795. The van der Waals surface area contributed by atoms with Crippen molar-refractivity contribution in [2.24, 2.45) is 11.8 Å². The molecule has 2 heterocycles. The zero-order chi connectivity index (χ0) is 18.0. The van der Waals surface area contributed by atoms with Crippen LogP contribution < -0.4 is 5.56 Å². The molecule has 2 aromatic rings. The van der Waals surface area contributed by atoms with Gasteiger partial charge in [0.05, 0.1) is 5.39 Å². The van der Waals surface area contributed by atoms with Crippen molar-refractivity contribution >= 4 is 33.3 Å². The van der Waals surface area contributed by atoms with Crippen LogP contribution in [0.1, 0.15) is 50.5 Å². The maximum absolute atomic E-state index is 13.3. The van der Waals surface area contributed by atoms with Crippen molar-refractivity contribution < 1.29 is 5.11 Å². The Labute approximate surface area is 157 Å². The zero-order valence-corrected chi connectivity index (χ0v) is 17.0. The standard InChI is InChI=1S/C19H28N2O2S2/c1-12(2)7-8-21-18(23)16-14-6-5-13(3)11-15(14)25-17(16)20-19(21)24-10-4-9-22/h12-13,22H,4-11H2,1-3H3. The number of hydrogen-bond donors (Lipinski definition) is 1. The monoisotopic (exact) mass is 380 g/mol. The summed E-state index contributed by atoms with van der Waals surface area (Å²) in [6.07, 6.45) is 4.95. The molecule has 1 N–H and O–H groups in total. The lowest BCUT2D eigenvalue weighted by Crippen LogP contribution is -2.25. The van der Waals surface area contributed by atoms with Crippen molar-refractivity contribution in [3.63, 3.8) is 0 Å². The van der Waals surface area contributed by atoms with Gasteiger partial charge in [0.25, 0.3) is 5.56 Å². The van der Waals surface area contributed by atoms with Crippen molar-refractivity contribution in [2.45, 2.75) is 64.6 Å². The van der Waals surface area contributed by atoms with E-state index in [0.29, 0.717) is 11.8 Å². The normalized spacial score (nSPS) is 17.4. The summed E-state index contributed by atoms with van der Waals surface area (Å²) in [5, 5.41) is 10.7. The van der Waals surface area contributed by atoms with Crippen LogP contribution in [0.2, 0.25) is 0 Å². The van der Waals surface area contributed by atoms with Gasteiger partial charge in [0.1, 0.15) is 4.83 Å². The Hall–Kier alpha value is -0.850. The maximum atomic E-state index is 13.3. The van der Waals surface area contributed by atoms with Crippen molar-refractivity contribution in [2.75, 3.05) is 12.4 Å². The van der Waals surface area contributed by atoms with Crippen molar-refractivity contribution in [3.05, 3.63) is 20.8 Å². The number of thiophene rings is 1. The Morgan fingerprint density at radius 2 is 2.24 bits per heavy atom. The minimum atomic E-state index is 0.143. The highest BCUT2D eigenvalue weighted by Crippen LogP contribution is 2.36. The number of fused-ring (bicyclic) bond motifs is 3. The molecule has 1 aliphatic rings. The summed E-state index contributed by atoms with van der Waals surface area (Å²) < 4.78 is 1.88. The molecule has 25 heavy (non-hydrogen) atoms. The number of thioether (sulfide) groups is 1. The highest BCUT2D eigenvalue weighted by atomic mass is 32.2. The molecule has 0 saturated heterocycles. The van der Waals surface area contributed by atoms with Crippen LogP contribution in [-0.2, 0) is 19.4 Å². The molecule has 0 amide bonds. The van der Waals surface area contributed by atoms with E-state index in [-0.39, 0.29) is 12.2 Å². The Morgan fingerprint density at radius 1 is 1.44 bits per heavy atom. The van der Waals surface area contributed by atoms with Gasteiger partial charge in [-0.15, -0.1) is 11.3 Å². The average molecular weight is 381 g/mol. The van der Waals surface area contributed by atoms with Crippen LogP contribution in [0.15, 0.2) is 9.95 Å². The van der Waals surface area contributed by atoms with E-state index < -0.39 is 0 Å². The number of rotatable bonds is 7. The van der Waals surface area contributed by atoms with Crippen LogP contribution in [0, 0.1) is 11.8 Å². The molecule has 0 radical (unpaired) electrons. The SMILES string of the molecule is CC(C)CCn1c(SCCCO)nc2sc3c(c2c1=O)CCC(C)C3. The molecule has 4 nitrogen and oxygen atoms in total. The third kappa shape index (κ3) is 4.12. The van der Waals surface area contributed by atoms with E-state index >= 15 is 0 Å². The van der Waals surface area contributed by atoms with E-state index in [9.17, 15) is 4.79 Å². The van der Waals surface area contributed by atoms with Crippen LogP contribution >= 0.6 is 23.1 Å². The third-order valence-electron chi connectivity index (χ3n) is 4.84. The molecule has 2 aromatic heterocycles. The van der Waals surface area contributed by atoms with E-state index in [0.717, 1.165) is 59.8 Å². The number of aliphatic hydroxyl groups excluding tert-OH is 1. The first-order valence-corrected chi connectivity index (χ1v) is 11.1. The lowest BCUT2D eigenvalue weighted by Gasteiger charge is -2.18. The number of aromatic nitrogens is 2. The average Bonchev–Trinajstić information content (AvgIpc) is 2.91. The second-order valence-corrected chi connectivity index (χ2v) is 9.64. The number of hydrogen-bond acceptors (Lipinski definition) is 5. The molecular formula is C19H28N2O2S2. The van der Waals surface area contributed by atoms with Gasteiger partial charge in [-0.1, -0.05) is 32.5 Å². The predicted molar refractivity (Wildman–Crippen MR) is 107 cm³/mol. The number of aryl methyl sites for hydroxylation is 1. The molecule has 0 spiro atoms. The van der Waals surface area contributed by atoms with Crippen LogP contribution in [-0.4, -0.2) is 27.0 Å². The minimum absolute atomic E-state index is 0.143. The first-order chi connectivity index (χ1) is 12.0. The summed E-state index contributed by atoms with van der Waals surface area (Å²) in [4.78, 5) is 20.4. The number of aliphatic hydroxyl groups is 1. The fourth-order valence-corrected chi connectivity index (χ4v) is 5.70. The summed E-state index contributed by atoms with van der Waals surface area (Å²) in [5.41, 5.74) is 1.41. The van der Waals surface area contributed by atoms with Crippen LogP contribution in [0.25, 0.3) is 10.2 Å². The second-order valence-electron chi connectivity index (χ2n) is 7.49. The summed E-state index contributed by atoms with van der Waals surface area (Å²) in [5.74, 6) is 2.04. The Balaban J connectivity index is 2.06. The lowest BCUT2D eigenvalue weighted by atomic mass is 9.89. The van der Waals surface area contributed by atoms with Crippen LogP contribution in [0.5, 0.6) is 0 Å². The molecule has 0 fully saturated rings. The smallest absolute Gasteiger partial charge is 0.263 e. The lowest BCUT2D eigenvalue weighted by molar-refractivity contribution is 0.296. The van der Waals surface area contributed by atoms with Gasteiger partial charge >= 0.3 is 0 Å². The fraction of sp³-hybridized carbons (Fsp3) is 0.684. The van der Waals surface area contributed by atoms with E-state index in [2.05, 4.69) is 20.8 Å². The van der Waals surface area contributed by atoms with Crippen LogP contribution in [0.4, 0.5) is 0 Å². The largest absolute Gasteiger partial charge is 0.396 e. The van der Waals surface area contributed by atoms with Gasteiger partial charge in [0.2, 0.25) is 0 Å². The molecule has 1 atom stereocenters. The molecule has 1 aliphatic carbocycles. The molecule has 6 heteroatoms. The molecule has 3 rings (SSSR count). The van der Waals surface area contributed by atoms with Gasteiger partial charge in [-0.2, -0.15) is 0 Å². The highest BCUT2D eigenvalue weighted by molar-refractivity contribution is 7.99. The Morgan fingerprint density at radius 3 is 2.96 bits per heavy atom. The Kier molecular flexibility index (Phi) is 6.23. The van der Waals surface area contributed by atoms with Gasteiger partial charge in [-0.05, 0) is 49.5 Å². The summed E-state index contributed by atoms with van der Waals surface area (Å²) in [6.45, 7) is 7.56. The highest BCUT2D eigenvalue weighted by Gasteiger charge is 2.24. The van der Waals surface area contributed by atoms with Crippen LogP contribution in [0.3, 0.4) is 0 Å². The van der Waals surface area contributed by atoms with Crippen molar-refractivity contribution in [1.82, 2.24) is 9.55 Å². The molecule has 0 aromatic carbocycles. The van der Waals surface area contributed by atoms with Gasteiger partial charge < -0.3 is 5.11 Å². The van der Waals surface area contributed by atoms with Gasteiger partial charge in [0.15, 0.2) is 5.16 Å². The topological polar surface area (TPSA) is 55.1 Å². The first-order valence-electron chi connectivity index (χ1n) is 9.30. The van der Waals surface area contributed by atoms with Gasteiger partial charge in [-0.25, -0.2) is 4.98 Å². The summed E-state index contributed by atoms with van der Waals surface area (Å²) in [7, 11) is 0. The summed E-state index contributed by atoms with van der Waals surface area (Å²) in [6, 6.07) is 0. The fourth-order valence-electron chi connectivity index (χ4n) is 3.33. The van der Waals surface area contributed by atoms with Crippen molar-refractivity contribution in [1.29, 1.82) is 0 Å². The first kappa shape index (κ1) is 18.9.